The number of carbonyl (C=O) groups excluding carboxylic acids is 2. The van der Waals surface area contributed by atoms with Gasteiger partial charge in [0.2, 0.25) is 0 Å². The molecule has 0 fully saturated rings. The molecule has 3 aromatic carbocycles. The van der Waals surface area contributed by atoms with Crippen molar-refractivity contribution in [2.24, 2.45) is 5.10 Å². The van der Waals surface area contributed by atoms with Crippen molar-refractivity contribution in [2.45, 2.75) is 13.3 Å². The summed E-state index contributed by atoms with van der Waals surface area (Å²) < 4.78 is 21.7. The molecular formula is C26H25ClN2O6. The van der Waals surface area contributed by atoms with Crippen LogP contribution < -0.4 is 24.4 Å². The van der Waals surface area contributed by atoms with Gasteiger partial charge in [0.1, 0.15) is 11.5 Å². The van der Waals surface area contributed by atoms with E-state index in [1.807, 2.05) is 6.92 Å². The fourth-order valence-corrected chi connectivity index (χ4v) is 2.93. The molecular weight excluding hydrogens is 472 g/mol. The number of benzene rings is 3. The number of nitrogens with one attached hydrogen (secondary N) is 1. The van der Waals surface area contributed by atoms with Crippen molar-refractivity contribution < 1.29 is 28.5 Å². The first-order chi connectivity index (χ1) is 17.0. The average molecular weight is 497 g/mol. The maximum atomic E-state index is 12.5. The first-order valence-electron chi connectivity index (χ1n) is 10.8. The van der Waals surface area contributed by atoms with E-state index in [2.05, 4.69) is 10.5 Å². The smallest absolute Gasteiger partial charge is 0.343 e. The second kappa shape index (κ2) is 13.0. The third-order valence-electron chi connectivity index (χ3n) is 4.54. The van der Waals surface area contributed by atoms with Gasteiger partial charge >= 0.3 is 5.97 Å². The Morgan fingerprint density at radius 2 is 1.63 bits per heavy atom. The molecule has 35 heavy (non-hydrogen) atoms. The number of esters is 1. The summed E-state index contributed by atoms with van der Waals surface area (Å²) in [5.74, 6) is 0.834. The number of hydrogen-bond acceptors (Lipinski definition) is 7. The first kappa shape index (κ1) is 25.6. The Kier molecular flexibility index (Phi) is 9.50. The number of methoxy groups -OCH3 is 1. The molecule has 0 saturated carbocycles. The topological polar surface area (TPSA) is 95.5 Å². The molecule has 0 spiro atoms. The zero-order valence-corrected chi connectivity index (χ0v) is 20.1. The molecule has 3 rings (SSSR count). The van der Waals surface area contributed by atoms with E-state index in [0.29, 0.717) is 40.0 Å². The number of hydrazone groups is 1. The molecule has 0 aliphatic heterocycles. The maximum absolute atomic E-state index is 12.5. The Balaban J connectivity index is 1.54. The molecule has 3 aromatic rings. The zero-order valence-electron chi connectivity index (χ0n) is 19.3. The van der Waals surface area contributed by atoms with Crippen molar-refractivity contribution in [3.8, 4) is 23.0 Å². The van der Waals surface area contributed by atoms with Crippen molar-refractivity contribution in [2.75, 3.05) is 20.3 Å². The Bertz CT molecular complexity index is 1160. The normalized spacial score (nSPS) is 10.6. The van der Waals surface area contributed by atoms with Gasteiger partial charge in [-0.3, -0.25) is 4.79 Å². The van der Waals surface area contributed by atoms with E-state index in [1.165, 1.54) is 13.3 Å². The molecule has 0 aromatic heterocycles. The fraction of sp³-hybridized carbons (Fsp3) is 0.192. The van der Waals surface area contributed by atoms with E-state index in [0.717, 1.165) is 6.42 Å². The number of nitrogens with zero attached hydrogens (tertiary/aromatic N) is 1. The number of amides is 1. The quantitative estimate of drug-likeness (QED) is 0.176. The van der Waals surface area contributed by atoms with Crippen LogP contribution in [0.2, 0.25) is 5.02 Å². The molecule has 0 heterocycles. The van der Waals surface area contributed by atoms with Gasteiger partial charge in [0.05, 0.1) is 25.5 Å². The summed E-state index contributed by atoms with van der Waals surface area (Å²) in [5, 5.41) is 4.49. The van der Waals surface area contributed by atoms with Gasteiger partial charge < -0.3 is 18.9 Å². The van der Waals surface area contributed by atoms with Crippen LogP contribution in [0.3, 0.4) is 0 Å². The molecule has 1 amide bonds. The number of hydrogen-bond donors (Lipinski definition) is 1. The number of ether oxygens (including phenoxy) is 4. The summed E-state index contributed by atoms with van der Waals surface area (Å²) in [4.78, 5) is 24.4. The van der Waals surface area contributed by atoms with Crippen LogP contribution in [0.1, 0.15) is 29.3 Å². The number of carbonyl (C=O) groups is 2. The Labute approximate surface area is 208 Å². The lowest BCUT2D eigenvalue weighted by Crippen LogP contribution is -2.24. The minimum Gasteiger partial charge on any atom is -0.494 e. The summed E-state index contributed by atoms with van der Waals surface area (Å²) in [7, 11) is 1.46. The highest BCUT2D eigenvalue weighted by Crippen LogP contribution is 2.28. The highest BCUT2D eigenvalue weighted by molar-refractivity contribution is 6.30. The summed E-state index contributed by atoms with van der Waals surface area (Å²) in [6, 6.07) is 18.3. The van der Waals surface area contributed by atoms with Gasteiger partial charge in [-0.05, 0) is 78.7 Å². The third kappa shape index (κ3) is 8.04. The van der Waals surface area contributed by atoms with Crippen molar-refractivity contribution in [3.63, 3.8) is 0 Å². The van der Waals surface area contributed by atoms with Gasteiger partial charge in [-0.15, -0.1) is 0 Å². The Morgan fingerprint density at radius 1 is 0.943 bits per heavy atom. The van der Waals surface area contributed by atoms with E-state index in [4.69, 9.17) is 30.5 Å². The van der Waals surface area contributed by atoms with Gasteiger partial charge in [-0.25, -0.2) is 10.2 Å². The van der Waals surface area contributed by atoms with Gasteiger partial charge in [0, 0.05) is 5.02 Å². The van der Waals surface area contributed by atoms with Crippen molar-refractivity contribution in [3.05, 3.63) is 82.9 Å². The average Bonchev–Trinajstić information content (AvgIpc) is 2.88. The molecule has 0 unspecified atom stereocenters. The van der Waals surface area contributed by atoms with E-state index < -0.39 is 11.9 Å². The Hall–Kier alpha value is -4.04. The lowest BCUT2D eigenvalue weighted by molar-refractivity contribution is -0.123. The van der Waals surface area contributed by atoms with Crippen LogP contribution in [0.5, 0.6) is 23.0 Å². The second-order valence-electron chi connectivity index (χ2n) is 7.21. The van der Waals surface area contributed by atoms with Crippen LogP contribution in [0.4, 0.5) is 0 Å². The lowest BCUT2D eigenvalue weighted by atomic mass is 10.2. The molecule has 1 N–H and O–H groups in total. The molecule has 9 heteroatoms. The third-order valence-corrected chi connectivity index (χ3v) is 4.79. The predicted molar refractivity (Wildman–Crippen MR) is 133 cm³/mol. The monoisotopic (exact) mass is 496 g/mol. The van der Waals surface area contributed by atoms with Crippen LogP contribution in [0.15, 0.2) is 71.8 Å². The molecule has 0 saturated heterocycles. The molecule has 0 bridgehead atoms. The zero-order chi connectivity index (χ0) is 25.0. The lowest BCUT2D eigenvalue weighted by Gasteiger charge is -2.10. The summed E-state index contributed by atoms with van der Waals surface area (Å²) in [6.07, 6.45) is 2.33. The maximum Gasteiger partial charge on any atom is 0.343 e. The highest BCUT2D eigenvalue weighted by atomic mass is 35.5. The molecule has 0 aliphatic carbocycles. The number of halogens is 1. The highest BCUT2D eigenvalue weighted by Gasteiger charge is 2.13. The van der Waals surface area contributed by atoms with Gasteiger partial charge in [0.15, 0.2) is 18.1 Å². The van der Waals surface area contributed by atoms with E-state index in [9.17, 15) is 9.59 Å². The predicted octanol–water partition coefficient (Wildman–Crippen LogP) is 4.89. The van der Waals surface area contributed by atoms with Crippen LogP contribution in [-0.2, 0) is 4.79 Å². The van der Waals surface area contributed by atoms with Gasteiger partial charge in [-0.2, -0.15) is 5.10 Å². The first-order valence-corrected chi connectivity index (χ1v) is 11.2. The van der Waals surface area contributed by atoms with E-state index in [-0.39, 0.29) is 12.4 Å². The summed E-state index contributed by atoms with van der Waals surface area (Å²) in [6.45, 7) is 2.42. The molecule has 8 nitrogen and oxygen atoms in total. The molecule has 182 valence electrons. The largest absolute Gasteiger partial charge is 0.494 e. The van der Waals surface area contributed by atoms with Crippen molar-refractivity contribution >= 4 is 29.7 Å². The SMILES string of the molecule is CCCOc1ccc(C(=O)Oc2ccc(/C=N\NC(=O)COc3ccc(Cl)cc3)cc2OC)cc1. The number of rotatable bonds is 11. The van der Waals surface area contributed by atoms with E-state index >= 15 is 0 Å². The standard InChI is InChI=1S/C26H25ClN2O6/c1-3-14-33-21-9-5-19(6-10-21)26(31)35-23-13-4-18(15-24(23)32-2)16-28-29-25(30)17-34-22-11-7-20(27)8-12-22/h4-13,15-16H,3,14,17H2,1-2H3,(H,29,30)/b28-16-. The second-order valence-corrected chi connectivity index (χ2v) is 7.64. The Morgan fingerprint density at radius 3 is 2.31 bits per heavy atom. The molecule has 0 atom stereocenters. The van der Waals surface area contributed by atoms with Crippen LogP contribution in [0.25, 0.3) is 0 Å². The molecule has 0 radical (unpaired) electrons. The summed E-state index contributed by atoms with van der Waals surface area (Å²) >= 11 is 5.81. The summed E-state index contributed by atoms with van der Waals surface area (Å²) in [5.41, 5.74) is 3.38. The van der Waals surface area contributed by atoms with Crippen molar-refractivity contribution in [1.82, 2.24) is 5.43 Å². The fourth-order valence-electron chi connectivity index (χ4n) is 2.81. The minimum absolute atomic E-state index is 0.205. The van der Waals surface area contributed by atoms with Crippen LogP contribution in [0, 0.1) is 0 Å². The van der Waals surface area contributed by atoms with Crippen molar-refractivity contribution in [1.29, 1.82) is 0 Å². The minimum atomic E-state index is -0.528. The van der Waals surface area contributed by atoms with Gasteiger partial charge in [-0.1, -0.05) is 18.5 Å². The molecule has 0 aliphatic rings. The van der Waals surface area contributed by atoms with Gasteiger partial charge in [0.25, 0.3) is 5.91 Å². The van der Waals surface area contributed by atoms with Crippen LogP contribution >= 0.6 is 11.6 Å². The van der Waals surface area contributed by atoms with E-state index in [1.54, 1.807) is 66.7 Å². The van der Waals surface area contributed by atoms with Crippen LogP contribution in [-0.4, -0.2) is 38.4 Å².